The average molecular weight is 484 g/mol. The average Bonchev–Trinajstić information content (AvgIpc) is 3.35. The second kappa shape index (κ2) is 11.1. The Balaban J connectivity index is 1.56. The molecule has 1 aliphatic rings. The van der Waals surface area contributed by atoms with Crippen molar-refractivity contribution in [1.29, 1.82) is 0 Å². The van der Waals surface area contributed by atoms with E-state index in [1.165, 1.54) is 6.20 Å². The van der Waals surface area contributed by atoms with E-state index in [1.54, 1.807) is 37.8 Å². The van der Waals surface area contributed by atoms with Crippen molar-refractivity contribution < 1.29 is 14.6 Å². The summed E-state index contributed by atoms with van der Waals surface area (Å²) in [5.41, 5.74) is 1.83. The molecule has 2 aromatic heterocycles. The number of carbonyl (C=O) groups excluding carboxylic acids is 1. The molecule has 3 aromatic rings. The van der Waals surface area contributed by atoms with E-state index >= 15 is 0 Å². The number of halogens is 1. The van der Waals surface area contributed by atoms with Gasteiger partial charge in [-0.2, -0.15) is 4.98 Å². The maximum atomic E-state index is 13.0. The molecular weight excluding hydrogens is 458 g/mol. The number of amides is 1. The Bertz CT molecular complexity index is 1130. The van der Waals surface area contributed by atoms with Crippen LogP contribution in [0.4, 0.5) is 11.8 Å². The zero-order valence-electron chi connectivity index (χ0n) is 18.7. The Morgan fingerprint density at radius 1 is 1.26 bits per heavy atom. The van der Waals surface area contributed by atoms with Crippen LogP contribution in [0.2, 0.25) is 5.02 Å². The highest BCUT2D eigenvalue weighted by molar-refractivity contribution is 6.32. The summed E-state index contributed by atoms with van der Waals surface area (Å²) in [6, 6.07) is 5.43. The Labute approximate surface area is 202 Å². The van der Waals surface area contributed by atoms with Crippen LogP contribution in [0.3, 0.4) is 0 Å². The molecule has 34 heavy (non-hydrogen) atoms. The predicted octanol–water partition coefficient (Wildman–Crippen LogP) is 2.43. The lowest BCUT2D eigenvalue weighted by Gasteiger charge is -2.24. The van der Waals surface area contributed by atoms with E-state index in [2.05, 4.69) is 30.6 Å². The maximum Gasteiger partial charge on any atom is 0.256 e. The summed E-state index contributed by atoms with van der Waals surface area (Å²) < 4.78 is 5.21. The highest BCUT2D eigenvalue weighted by Crippen LogP contribution is 2.27. The van der Waals surface area contributed by atoms with Gasteiger partial charge < -0.3 is 25.4 Å². The highest BCUT2D eigenvalue weighted by Gasteiger charge is 2.27. The third kappa shape index (κ3) is 5.52. The van der Waals surface area contributed by atoms with Crippen molar-refractivity contribution in [3.63, 3.8) is 0 Å². The van der Waals surface area contributed by atoms with E-state index in [0.29, 0.717) is 40.3 Å². The Kier molecular flexibility index (Phi) is 7.71. The van der Waals surface area contributed by atoms with Gasteiger partial charge in [-0.05, 0) is 30.5 Å². The molecule has 0 spiro atoms. The third-order valence-corrected chi connectivity index (χ3v) is 5.88. The number of aliphatic hydroxyl groups excluding tert-OH is 1. The summed E-state index contributed by atoms with van der Waals surface area (Å²) in [4.78, 5) is 32.2. The van der Waals surface area contributed by atoms with Crippen LogP contribution in [-0.4, -0.2) is 57.3 Å². The third-order valence-electron chi connectivity index (χ3n) is 5.59. The number of carbonyl (C=O) groups is 1. The van der Waals surface area contributed by atoms with E-state index in [1.807, 2.05) is 11.0 Å². The first kappa shape index (κ1) is 23.7. The lowest BCUT2D eigenvalue weighted by atomic mass is 10.2. The molecule has 1 fully saturated rings. The van der Waals surface area contributed by atoms with Gasteiger partial charge in [0.1, 0.15) is 17.1 Å². The second-order valence-electron chi connectivity index (χ2n) is 7.81. The smallest absolute Gasteiger partial charge is 0.256 e. The van der Waals surface area contributed by atoms with Crippen LogP contribution in [0.5, 0.6) is 5.75 Å². The molecule has 10 nitrogen and oxygen atoms in total. The van der Waals surface area contributed by atoms with Gasteiger partial charge in [0.25, 0.3) is 5.91 Å². The molecule has 0 aliphatic carbocycles. The minimum absolute atomic E-state index is 0.0246. The molecule has 3 heterocycles. The van der Waals surface area contributed by atoms with Gasteiger partial charge in [-0.3, -0.25) is 14.8 Å². The minimum Gasteiger partial charge on any atom is -0.495 e. The number of nitrogens with zero attached hydrogens (tertiary/aromatic N) is 5. The molecule has 178 valence electrons. The fourth-order valence-electron chi connectivity index (χ4n) is 3.79. The first-order valence-electron chi connectivity index (χ1n) is 10.9. The number of rotatable bonds is 9. The van der Waals surface area contributed by atoms with E-state index in [0.717, 1.165) is 24.9 Å². The largest absolute Gasteiger partial charge is 0.495 e. The molecule has 3 N–H and O–H groups in total. The van der Waals surface area contributed by atoms with Crippen LogP contribution >= 0.6 is 11.6 Å². The van der Waals surface area contributed by atoms with E-state index < -0.39 is 0 Å². The summed E-state index contributed by atoms with van der Waals surface area (Å²) in [5.74, 6) is 1.10. The van der Waals surface area contributed by atoms with Gasteiger partial charge in [0.05, 0.1) is 43.2 Å². The molecule has 1 aromatic carbocycles. The van der Waals surface area contributed by atoms with Gasteiger partial charge in [0.15, 0.2) is 0 Å². The normalized spacial score (nSPS) is 15.3. The number of aliphatic hydroxyl groups is 1. The Morgan fingerprint density at radius 2 is 2.15 bits per heavy atom. The van der Waals surface area contributed by atoms with Gasteiger partial charge in [-0.15, -0.1) is 0 Å². The number of nitrogens with one attached hydrogen (secondary N) is 2. The van der Waals surface area contributed by atoms with Crippen LogP contribution in [0.15, 0.2) is 43.0 Å². The molecule has 1 amide bonds. The number of aromatic nitrogens is 4. The molecular formula is C23H26ClN7O3. The van der Waals surface area contributed by atoms with Gasteiger partial charge in [0, 0.05) is 31.7 Å². The summed E-state index contributed by atoms with van der Waals surface area (Å²) >= 11 is 6.25. The number of ether oxygens (including phenoxy) is 1. The monoisotopic (exact) mass is 483 g/mol. The lowest BCUT2D eigenvalue weighted by Crippen LogP contribution is -2.34. The van der Waals surface area contributed by atoms with Crippen LogP contribution in [0, 0.1) is 0 Å². The van der Waals surface area contributed by atoms with Crippen molar-refractivity contribution >= 4 is 29.3 Å². The summed E-state index contributed by atoms with van der Waals surface area (Å²) in [6.45, 7) is 1.38. The van der Waals surface area contributed by atoms with Gasteiger partial charge in [-0.1, -0.05) is 17.7 Å². The van der Waals surface area contributed by atoms with Crippen LogP contribution < -0.4 is 20.3 Å². The number of benzene rings is 1. The molecule has 1 saturated heterocycles. The molecule has 11 heteroatoms. The van der Waals surface area contributed by atoms with E-state index in [9.17, 15) is 9.90 Å². The summed E-state index contributed by atoms with van der Waals surface area (Å²) in [6.07, 6.45) is 8.05. The van der Waals surface area contributed by atoms with Crippen LogP contribution in [0.1, 0.15) is 34.5 Å². The van der Waals surface area contributed by atoms with Crippen molar-refractivity contribution in [1.82, 2.24) is 25.3 Å². The van der Waals surface area contributed by atoms with E-state index in [-0.39, 0.29) is 25.1 Å². The number of methoxy groups -OCH3 is 1. The number of hydrogen-bond donors (Lipinski definition) is 3. The Morgan fingerprint density at radius 3 is 2.88 bits per heavy atom. The fourth-order valence-corrected chi connectivity index (χ4v) is 4.07. The highest BCUT2D eigenvalue weighted by atomic mass is 35.5. The lowest BCUT2D eigenvalue weighted by molar-refractivity contribution is 0.0950. The molecule has 4 rings (SSSR count). The van der Waals surface area contributed by atoms with Crippen molar-refractivity contribution in [2.45, 2.75) is 32.0 Å². The quantitative estimate of drug-likeness (QED) is 0.420. The zero-order valence-corrected chi connectivity index (χ0v) is 19.5. The number of hydrogen-bond acceptors (Lipinski definition) is 9. The summed E-state index contributed by atoms with van der Waals surface area (Å²) in [7, 11) is 1.56. The van der Waals surface area contributed by atoms with Gasteiger partial charge in [0.2, 0.25) is 5.95 Å². The first-order chi connectivity index (χ1) is 16.6. The van der Waals surface area contributed by atoms with Crippen molar-refractivity contribution in [2.24, 2.45) is 0 Å². The first-order valence-corrected chi connectivity index (χ1v) is 11.3. The second-order valence-corrected chi connectivity index (χ2v) is 8.21. The van der Waals surface area contributed by atoms with Crippen molar-refractivity contribution in [3.05, 3.63) is 64.8 Å². The van der Waals surface area contributed by atoms with E-state index in [4.69, 9.17) is 16.3 Å². The maximum absolute atomic E-state index is 13.0. The SMILES string of the molecule is COc1ccc(CNc2nc(N3CCC[C@H]3CO)ncc2C(=O)NCc2cnccn2)cc1Cl. The summed E-state index contributed by atoms with van der Waals surface area (Å²) in [5, 5.41) is 16.3. The minimum atomic E-state index is -0.340. The molecule has 0 radical (unpaired) electrons. The molecule has 0 bridgehead atoms. The molecule has 1 aliphatic heterocycles. The zero-order chi connectivity index (χ0) is 23.9. The standard InChI is InChI=1S/C23H26ClN7O3/c1-34-20-5-4-15(9-19(20)24)10-27-21-18(22(33)28-12-16-11-25-6-7-26-16)13-29-23(30-21)31-8-2-3-17(31)14-32/h4-7,9,11,13,17,32H,2-3,8,10,12,14H2,1H3,(H,28,33)(H,27,29,30)/t17-/m0/s1. The molecule has 1 atom stereocenters. The van der Waals surface area contributed by atoms with Gasteiger partial charge in [-0.25, -0.2) is 4.98 Å². The van der Waals surface area contributed by atoms with Gasteiger partial charge >= 0.3 is 0 Å². The molecule has 0 saturated carbocycles. The number of anilines is 2. The van der Waals surface area contributed by atoms with Crippen molar-refractivity contribution in [2.75, 3.05) is 30.5 Å². The van der Waals surface area contributed by atoms with Crippen LogP contribution in [-0.2, 0) is 13.1 Å². The fraction of sp³-hybridized carbons (Fsp3) is 0.348. The predicted molar refractivity (Wildman–Crippen MR) is 128 cm³/mol. The topological polar surface area (TPSA) is 125 Å². The van der Waals surface area contributed by atoms with Crippen LogP contribution in [0.25, 0.3) is 0 Å². The van der Waals surface area contributed by atoms with Crippen molar-refractivity contribution in [3.8, 4) is 5.75 Å². The molecule has 0 unspecified atom stereocenters. The Hall–Kier alpha value is -3.50.